The Kier molecular flexibility index (Phi) is 5.56. The van der Waals surface area contributed by atoms with Gasteiger partial charge in [0.05, 0.1) is 0 Å². The topological polar surface area (TPSA) is 78.4 Å². The van der Waals surface area contributed by atoms with E-state index >= 15 is 0 Å². The van der Waals surface area contributed by atoms with Gasteiger partial charge in [-0.1, -0.05) is 29.8 Å². The Labute approximate surface area is 126 Å². The predicted molar refractivity (Wildman–Crippen MR) is 82.0 cm³/mol. The zero-order valence-corrected chi connectivity index (χ0v) is 13.5. The van der Waals surface area contributed by atoms with Gasteiger partial charge >= 0.3 is 12.0 Å². The van der Waals surface area contributed by atoms with Crippen molar-refractivity contribution in [2.75, 3.05) is 5.32 Å². The maximum Gasteiger partial charge on any atom is 0.326 e. The summed E-state index contributed by atoms with van der Waals surface area (Å²) >= 11 is 3.45. The number of carbonyl (C=O) groups excluding carboxylic acids is 1. The van der Waals surface area contributed by atoms with E-state index < -0.39 is 18.0 Å². The first kappa shape index (κ1) is 16.5. The van der Waals surface area contributed by atoms with Gasteiger partial charge in [0.25, 0.3) is 0 Å². The standard InChI is InChI=1S/C14H19BrN2O3/c1-7(2)12(13(18)19)17-14(20)16-10-5-8(3)11(15)9(4)6-10/h5-7,12H,1-4H3,(H,18,19)(H2,16,17,20). The second-order valence-corrected chi connectivity index (χ2v) is 5.88. The minimum absolute atomic E-state index is 0.188. The Balaban J connectivity index is 2.78. The second-order valence-electron chi connectivity index (χ2n) is 5.08. The molecule has 0 saturated heterocycles. The number of aliphatic carboxylic acids is 1. The Morgan fingerprint density at radius 2 is 1.70 bits per heavy atom. The van der Waals surface area contributed by atoms with Gasteiger partial charge in [-0.15, -0.1) is 0 Å². The van der Waals surface area contributed by atoms with Crippen LogP contribution in [0.1, 0.15) is 25.0 Å². The van der Waals surface area contributed by atoms with Crippen LogP contribution in [0, 0.1) is 19.8 Å². The van der Waals surface area contributed by atoms with Crippen molar-refractivity contribution in [3.05, 3.63) is 27.7 Å². The quantitative estimate of drug-likeness (QED) is 0.785. The van der Waals surface area contributed by atoms with Gasteiger partial charge in [-0.3, -0.25) is 0 Å². The molecule has 110 valence electrons. The molecule has 0 aliphatic carbocycles. The molecule has 1 unspecified atom stereocenters. The molecule has 1 aromatic carbocycles. The highest BCUT2D eigenvalue weighted by Gasteiger charge is 2.23. The normalized spacial score (nSPS) is 12.1. The monoisotopic (exact) mass is 342 g/mol. The third-order valence-corrected chi connectivity index (χ3v) is 4.16. The number of carbonyl (C=O) groups is 2. The zero-order chi connectivity index (χ0) is 15.4. The van der Waals surface area contributed by atoms with Crippen molar-refractivity contribution in [2.45, 2.75) is 33.7 Å². The van der Waals surface area contributed by atoms with E-state index in [9.17, 15) is 9.59 Å². The number of hydrogen-bond acceptors (Lipinski definition) is 2. The summed E-state index contributed by atoms with van der Waals surface area (Å²) in [6.45, 7) is 7.34. The molecule has 0 aliphatic rings. The molecule has 6 heteroatoms. The number of hydrogen-bond donors (Lipinski definition) is 3. The van der Waals surface area contributed by atoms with Crippen LogP contribution in [0.25, 0.3) is 0 Å². The van der Waals surface area contributed by atoms with Gasteiger partial charge in [-0.25, -0.2) is 9.59 Å². The summed E-state index contributed by atoms with van der Waals surface area (Å²) in [5.74, 6) is -1.23. The van der Waals surface area contributed by atoms with Crippen LogP contribution >= 0.6 is 15.9 Å². The van der Waals surface area contributed by atoms with Crippen molar-refractivity contribution >= 4 is 33.6 Å². The summed E-state index contributed by atoms with van der Waals surface area (Å²) in [7, 11) is 0. The van der Waals surface area contributed by atoms with Crippen LogP contribution in [-0.2, 0) is 4.79 Å². The lowest BCUT2D eigenvalue weighted by atomic mass is 10.1. The van der Waals surface area contributed by atoms with Gasteiger partial charge in [0.2, 0.25) is 0 Å². The van der Waals surface area contributed by atoms with E-state index in [-0.39, 0.29) is 5.92 Å². The molecule has 3 N–H and O–H groups in total. The number of amides is 2. The number of rotatable bonds is 4. The molecule has 0 saturated carbocycles. The Bertz CT molecular complexity index is 506. The lowest BCUT2D eigenvalue weighted by Gasteiger charge is -2.18. The highest BCUT2D eigenvalue weighted by Crippen LogP contribution is 2.24. The molecule has 2 amide bonds. The molecule has 1 atom stereocenters. The fourth-order valence-electron chi connectivity index (χ4n) is 1.84. The maximum atomic E-state index is 11.8. The van der Waals surface area contributed by atoms with E-state index in [1.807, 2.05) is 26.0 Å². The smallest absolute Gasteiger partial charge is 0.326 e. The zero-order valence-electron chi connectivity index (χ0n) is 12.0. The molecule has 0 heterocycles. The lowest BCUT2D eigenvalue weighted by Crippen LogP contribution is -2.46. The minimum Gasteiger partial charge on any atom is -0.480 e. The first-order valence-electron chi connectivity index (χ1n) is 6.29. The van der Waals surface area contributed by atoms with E-state index in [1.54, 1.807) is 13.8 Å². The third kappa shape index (κ3) is 4.23. The summed E-state index contributed by atoms with van der Waals surface area (Å²) in [4.78, 5) is 22.9. The molecule has 0 aliphatic heterocycles. The molecule has 0 spiro atoms. The van der Waals surface area contributed by atoms with Crippen molar-refractivity contribution in [1.29, 1.82) is 0 Å². The number of benzene rings is 1. The first-order valence-corrected chi connectivity index (χ1v) is 7.08. The predicted octanol–water partition coefficient (Wildman–Crippen LogP) is 3.30. The first-order chi connectivity index (χ1) is 9.22. The van der Waals surface area contributed by atoms with Gasteiger partial charge in [-0.05, 0) is 43.0 Å². The van der Waals surface area contributed by atoms with Crippen molar-refractivity contribution in [1.82, 2.24) is 5.32 Å². The van der Waals surface area contributed by atoms with Gasteiger partial charge in [0.1, 0.15) is 6.04 Å². The largest absolute Gasteiger partial charge is 0.480 e. The van der Waals surface area contributed by atoms with Gasteiger partial charge in [0.15, 0.2) is 0 Å². The molecule has 0 aromatic heterocycles. The molecular formula is C14H19BrN2O3. The van der Waals surface area contributed by atoms with Crippen molar-refractivity contribution in [3.63, 3.8) is 0 Å². The fraction of sp³-hybridized carbons (Fsp3) is 0.429. The number of anilines is 1. The fourth-order valence-corrected chi connectivity index (χ4v) is 2.07. The molecule has 0 bridgehead atoms. The Hall–Kier alpha value is -1.56. The van der Waals surface area contributed by atoms with E-state index in [4.69, 9.17) is 5.11 Å². The molecule has 20 heavy (non-hydrogen) atoms. The van der Waals surface area contributed by atoms with Gasteiger partial charge < -0.3 is 15.7 Å². The van der Waals surface area contributed by atoms with Crippen molar-refractivity contribution in [2.24, 2.45) is 5.92 Å². The number of halogens is 1. The van der Waals surface area contributed by atoms with Crippen molar-refractivity contribution < 1.29 is 14.7 Å². The summed E-state index contributed by atoms with van der Waals surface area (Å²) in [5, 5.41) is 14.1. The number of carboxylic acid groups (broad SMARTS) is 1. The highest BCUT2D eigenvalue weighted by molar-refractivity contribution is 9.10. The SMILES string of the molecule is Cc1cc(NC(=O)NC(C(=O)O)C(C)C)cc(C)c1Br. The number of carboxylic acids is 1. The van der Waals surface area contributed by atoms with E-state index in [2.05, 4.69) is 26.6 Å². The van der Waals surface area contributed by atoms with Crippen LogP contribution in [0.15, 0.2) is 16.6 Å². The number of aryl methyl sites for hydroxylation is 2. The average Bonchev–Trinajstić information content (AvgIpc) is 2.32. The van der Waals surface area contributed by atoms with E-state index in [1.165, 1.54) is 0 Å². The van der Waals surface area contributed by atoms with Crippen LogP contribution in [0.4, 0.5) is 10.5 Å². The summed E-state index contributed by atoms with van der Waals surface area (Å²) in [5.41, 5.74) is 2.63. The van der Waals surface area contributed by atoms with E-state index in [0.717, 1.165) is 15.6 Å². The van der Waals surface area contributed by atoms with Gasteiger partial charge in [0, 0.05) is 10.2 Å². The maximum absolute atomic E-state index is 11.8. The third-order valence-electron chi connectivity index (χ3n) is 2.91. The van der Waals surface area contributed by atoms with E-state index in [0.29, 0.717) is 5.69 Å². The van der Waals surface area contributed by atoms with Crippen LogP contribution in [0.3, 0.4) is 0 Å². The van der Waals surface area contributed by atoms with Crippen LogP contribution in [0.5, 0.6) is 0 Å². The number of nitrogens with one attached hydrogen (secondary N) is 2. The van der Waals surface area contributed by atoms with Crippen LogP contribution in [-0.4, -0.2) is 23.1 Å². The molecule has 1 aromatic rings. The Morgan fingerprint density at radius 1 is 1.20 bits per heavy atom. The van der Waals surface area contributed by atoms with Crippen molar-refractivity contribution in [3.8, 4) is 0 Å². The molecule has 0 fully saturated rings. The summed E-state index contributed by atoms with van der Waals surface area (Å²) in [6.07, 6.45) is 0. The molecule has 5 nitrogen and oxygen atoms in total. The molecule has 0 radical (unpaired) electrons. The van der Waals surface area contributed by atoms with Gasteiger partial charge in [-0.2, -0.15) is 0 Å². The molecule has 1 rings (SSSR count). The summed E-state index contributed by atoms with van der Waals surface area (Å²) < 4.78 is 0.994. The van der Waals surface area contributed by atoms with Crippen LogP contribution < -0.4 is 10.6 Å². The lowest BCUT2D eigenvalue weighted by molar-refractivity contribution is -0.140. The average molecular weight is 343 g/mol. The minimum atomic E-state index is -1.04. The molecular weight excluding hydrogens is 324 g/mol. The highest BCUT2D eigenvalue weighted by atomic mass is 79.9. The Morgan fingerprint density at radius 3 is 2.10 bits per heavy atom. The summed E-state index contributed by atoms with van der Waals surface area (Å²) in [6, 6.07) is 2.21. The second kappa shape index (κ2) is 6.74. The van der Waals surface area contributed by atoms with Crippen LogP contribution in [0.2, 0.25) is 0 Å². The number of urea groups is 1.